The van der Waals surface area contributed by atoms with Gasteiger partial charge in [0.2, 0.25) is 5.88 Å². The molecule has 0 spiro atoms. The van der Waals surface area contributed by atoms with Gasteiger partial charge in [-0.2, -0.15) is 5.10 Å². The number of fused-ring (bicyclic) bond motifs is 1. The molecular formula is C20H25N3O4. The van der Waals surface area contributed by atoms with E-state index in [4.69, 9.17) is 18.9 Å². The number of hydrogen-bond acceptors (Lipinski definition) is 6. The first kappa shape index (κ1) is 19.3. The summed E-state index contributed by atoms with van der Waals surface area (Å²) in [7, 11) is 0. The Hall–Kier alpha value is -2.48. The van der Waals surface area contributed by atoms with Gasteiger partial charge in [-0.05, 0) is 12.5 Å². The van der Waals surface area contributed by atoms with Crippen molar-refractivity contribution in [1.29, 1.82) is 0 Å². The van der Waals surface area contributed by atoms with E-state index in [1.165, 1.54) is 0 Å². The fourth-order valence-corrected chi connectivity index (χ4v) is 2.44. The van der Waals surface area contributed by atoms with Gasteiger partial charge in [0.1, 0.15) is 6.61 Å². The van der Waals surface area contributed by atoms with Gasteiger partial charge < -0.3 is 18.9 Å². The minimum Gasteiger partial charge on any atom is -0.475 e. The number of benzene rings is 1. The van der Waals surface area contributed by atoms with Crippen molar-refractivity contribution < 1.29 is 18.9 Å². The standard InChI is InChI=1S/C20H25N3O4/c1-16(14-27-20-11-18-12-22-23-19(18)13-21-20)26-10-9-24-7-8-25-15-17-5-3-2-4-6-17/h2-6,11-13,16H,7-10,14-15H2,1H3,(H,22,23). The maximum atomic E-state index is 5.67. The molecule has 0 aliphatic rings. The smallest absolute Gasteiger partial charge is 0.214 e. The molecule has 0 fully saturated rings. The molecule has 0 radical (unpaired) electrons. The summed E-state index contributed by atoms with van der Waals surface area (Å²) in [6.45, 7) is 5.14. The Morgan fingerprint density at radius 1 is 1.00 bits per heavy atom. The highest BCUT2D eigenvalue weighted by Crippen LogP contribution is 2.15. The van der Waals surface area contributed by atoms with E-state index in [1.807, 2.05) is 43.3 Å². The van der Waals surface area contributed by atoms with Gasteiger partial charge in [0.05, 0.1) is 57.0 Å². The molecule has 1 atom stereocenters. The fraction of sp³-hybridized carbons (Fsp3) is 0.400. The van der Waals surface area contributed by atoms with Crippen molar-refractivity contribution in [3.05, 3.63) is 54.4 Å². The SMILES string of the molecule is CC(COc1cc2cn[nH]c2cn1)OCCOCCOCc1ccccc1. The van der Waals surface area contributed by atoms with Crippen molar-refractivity contribution >= 4 is 10.9 Å². The molecule has 1 aromatic carbocycles. The van der Waals surface area contributed by atoms with Gasteiger partial charge in [-0.3, -0.25) is 5.10 Å². The van der Waals surface area contributed by atoms with Crippen LogP contribution in [-0.4, -0.2) is 54.3 Å². The molecule has 0 aliphatic carbocycles. The molecule has 2 aromatic heterocycles. The van der Waals surface area contributed by atoms with Crippen molar-refractivity contribution in [3.63, 3.8) is 0 Å². The van der Waals surface area contributed by atoms with E-state index in [0.717, 1.165) is 16.5 Å². The Labute approximate surface area is 158 Å². The maximum absolute atomic E-state index is 5.67. The predicted molar refractivity (Wildman–Crippen MR) is 102 cm³/mol. The van der Waals surface area contributed by atoms with Crippen LogP contribution in [0.15, 0.2) is 48.8 Å². The Kier molecular flexibility index (Phi) is 7.58. The largest absolute Gasteiger partial charge is 0.475 e. The lowest BCUT2D eigenvalue weighted by atomic mass is 10.2. The Morgan fingerprint density at radius 3 is 2.70 bits per heavy atom. The average molecular weight is 371 g/mol. The van der Waals surface area contributed by atoms with E-state index in [-0.39, 0.29) is 6.10 Å². The molecule has 3 aromatic rings. The number of rotatable bonds is 12. The molecule has 7 heteroatoms. The minimum absolute atomic E-state index is 0.0511. The third kappa shape index (κ3) is 6.63. The summed E-state index contributed by atoms with van der Waals surface area (Å²) in [4.78, 5) is 4.22. The Morgan fingerprint density at radius 2 is 1.81 bits per heavy atom. The van der Waals surface area contributed by atoms with Crippen molar-refractivity contribution in [3.8, 4) is 5.88 Å². The topological polar surface area (TPSA) is 78.5 Å². The summed E-state index contributed by atoms with van der Waals surface area (Å²) in [6, 6.07) is 11.9. The lowest BCUT2D eigenvalue weighted by Gasteiger charge is -2.14. The number of nitrogens with one attached hydrogen (secondary N) is 1. The normalized spacial score (nSPS) is 12.3. The Bertz CT molecular complexity index is 794. The lowest BCUT2D eigenvalue weighted by molar-refractivity contribution is -0.0203. The van der Waals surface area contributed by atoms with E-state index in [0.29, 0.717) is 45.5 Å². The molecule has 3 rings (SSSR count). The van der Waals surface area contributed by atoms with Crippen molar-refractivity contribution in [1.82, 2.24) is 15.2 Å². The molecule has 27 heavy (non-hydrogen) atoms. The van der Waals surface area contributed by atoms with Gasteiger partial charge in [-0.1, -0.05) is 30.3 Å². The zero-order chi connectivity index (χ0) is 18.7. The first-order chi connectivity index (χ1) is 13.3. The second-order valence-electron chi connectivity index (χ2n) is 6.12. The highest BCUT2D eigenvalue weighted by atomic mass is 16.6. The zero-order valence-electron chi connectivity index (χ0n) is 15.5. The summed E-state index contributed by atoms with van der Waals surface area (Å²) in [5.41, 5.74) is 2.05. The molecule has 0 saturated carbocycles. The number of ether oxygens (including phenoxy) is 4. The zero-order valence-corrected chi connectivity index (χ0v) is 15.5. The number of pyridine rings is 1. The predicted octanol–water partition coefficient (Wildman–Crippen LogP) is 2.98. The van der Waals surface area contributed by atoms with Gasteiger partial charge in [0.25, 0.3) is 0 Å². The van der Waals surface area contributed by atoms with Gasteiger partial charge in [0.15, 0.2) is 0 Å². The van der Waals surface area contributed by atoms with Crippen molar-refractivity contribution in [2.75, 3.05) is 33.0 Å². The van der Waals surface area contributed by atoms with Crippen LogP contribution in [0, 0.1) is 0 Å². The summed E-state index contributed by atoms with van der Waals surface area (Å²) in [5, 5.41) is 7.79. The number of aromatic amines is 1. The monoisotopic (exact) mass is 371 g/mol. The molecular weight excluding hydrogens is 346 g/mol. The first-order valence-electron chi connectivity index (χ1n) is 9.04. The molecule has 7 nitrogen and oxygen atoms in total. The second-order valence-corrected chi connectivity index (χ2v) is 6.12. The number of hydrogen-bond donors (Lipinski definition) is 1. The van der Waals surface area contributed by atoms with Gasteiger partial charge in [-0.25, -0.2) is 4.98 Å². The lowest BCUT2D eigenvalue weighted by Crippen LogP contribution is -2.21. The fourth-order valence-electron chi connectivity index (χ4n) is 2.44. The number of H-pyrrole nitrogens is 1. The van der Waals surface area contributed by atoms with Crippen LogP contribution in [0.2, 0.25) is 0 Å². The molecule has 1 N–H and O–H groups in total. The van der Waals surface area contributed by atoms with Gasteiger partial charge >= 0.3 is 0 Å². The Balaban J connectivity index is 1.20. The van der Waals surface area contributed by atoms with E-state index in [9.17, 15) is 0 Å². The molecule has 0 aliphatic heterocycles. The van der Waals surface area contributed by atoms with Crippen LogP contribution >= 0.6 is 0 Å². The summed E-state index contributed by atoms with van der Waals surface area (Å²) in [5.74, 6) is 0.561. The van der Waals surface area contributed by atoms with Crippen LogP contribution in [0.25, 0.3) is 10.9 Å². The highest BCUT2D eigenvalue weighted by Gasteiger charge is 2.06. The third-order valence-corrected chi connectivity index (χ3v) is 3.88. The maximum Gasteiger partial charge on any atom is 0.214 e. The summed E-state index contributed by atoms with van der Waals surface area (Å²) in [6.07, 6.45) is 3.39. The van der Waals surface area contributed by atoms with Gasteiger partial charge in [0, 0.05) is 11.5 Å². The quantitative estimate of drug-likeness (QED) is 0.493. The number of nitrogens with zero attached hydrogens (tertiary/aromatic N) is 2. The third-order valence-electron chi connectivity index (χ3n) is 3.88. The molecule has 0 amide bonds. The molecule has 2 heterocycles. The van der Waals surface area contributed by atoms with E-state index in [1.54, 1.807) is 12.4 Å². The van der Waals surface area contributed by atoms with Crippen LogP contribution in [0.1, 0.15) is 12.5 Å². The molecule has 1 unspecified atom stereocenters. The summed E-state index contributed by atoms with van der Waals surface area (Å²) >= 11 is 0. The van der Waals surface area contributed by atoms with Crippen molar-refractivity contribution in [2.45, 2.75) is 19.6 Å². The second kappa shape index (κ2) is 10.6. The van der Waals surface area contributed by atoms with Crippen LogP contribution in [-0.2, 0) is 20.8 Å². The summed E-state index contributed by atoms with van der Waals surface area (Å²) < 4.78 is 22.4. The first-order valence-corrected chi connectivity index (χ1v) is 9.04. The minimum atomic E-state index is -0.0511. The molecule has 0 bridgehead atoms. The number of aromatic nitrogens is 3. The highest BCUT2D eigenvalue weighted by molar-refractivity contribution is 5.77. The van der Waals surface area contributed by atoms with Crippen molar-refractivity contribution in [2.24, 2.45) is 0 Å². The van der Waals surface area contributed by atoms with E-state index < -0.39 is 0 Å². The van der Waals surface area contributed by atoms with Crippen LogP contribution in [0.5, 0.6) is 5.88 Å². The van der Waals surface area contributed by atoms with Crippen LogP contribution < -0.4 is 4.74 Å². The molecule has 0 saturated heterocycles. The average Bonchev–Trinajstić information content (AvgIpc) is 3.17. The van der Waals surface area contributed by atoms with E-state index in [2.05, 4.69) is 15.2 Å². The van der Waals surface area contributed by atoms with Gasteiger partial charge in [-0.15, -0.1) is 0 Å². The van der Waals surface area contributed by atoms with E-state index >= 15 is 0 Å². The van der Waals surface area contributed by atoms with Crippen LogP contribution in [0.3, 0.4) is 0 Å². The molecule has 144 valence electrons. The van der Waals surface area contributed by atoms with Crippen LogP contribution in [0.4, 0.5) is 0 Å².